The summed E-state index contributed by atoms with van der Waals surface area (Å²) in [7, 11) is -3.60. The number of rotatable bonds is 4. The van der Waals surface area contributed by atoms with Crippen LogP contribution in [0.4, 0.5) is 24.5 Å². The highest BCUT2D eigenvalue weighted by Gasteiger charge is 2.32. The van der Waals surface area contributed by atoms with Gasteiger partial charge < -0.3 is 10.2 Å². The first-order valence-corrected chi connectivity index (χ1v) is 11.5. The number of halogens is 4. The van der Waals surface area contributed by atoms with Crippen LogP contribution in [0.15, 0.2) is 41.3 Å². The van der Waals surface area contributed by atoms with E-state index in [0.717, 1.165) is 43.7 Å². The number of nitrogens with one attached hydrogen (secondary N) is 1. The lowest BCUT2D eigenvalue weighted by Gasteiger charge is -2.31. The van der Waals surface area contributed by atoms with Crippen molar-refractivity contribution in [3.8, 4) is 0 Å². The fourth-order valence-electron chi connectivity index (χ4n) is 3.32. The monoisotopic (exact) mass is 460 g/mol. The molecule has 0 unspecified atom stereocenters. The van der Waals surface area contributed by atoms with Gasteiger partial charge in [0.2, 0.25) is 0 Å². The van der Waals surface area contributed by atoms with Crippen LogP contribution in [0.5, 0.6) is 0 Å². The Kier molecular flexibility index (Phi) is 6.33. The van der Waals surface area contributed by atoms with Gasteiger partial charge in [0, 0.05) is 19.3 Å². The van der Waals surface area contributed by atoms with Crippen molar-refractivity contribution in [1.29, 1.82) is 0 Å². The van der Waals surface area contributed by atoms with E-state index >= 15 is 0 Å². The van der Waals surface area contributed by atoms with Crippen LogP contribution in [0.1, 0.15) is 35.2 Å². The molecule has 1 N–H and O–H groups in total. The molecule has 1 fully saturated rings. The molecular weight excluding hydrogens is 441 g/mol. The van der Waals surface area contributed by atoms with Crippen molar-refractivity contribution >= 4 is 38.7 Å². The van der Waals surface area contributed by atoms with Gasteiger partial charge in [-0.15, -0.1) is 0 Å². The Morgan fingerprint density at radius 2 is 1.73 bits per heavy atom. The third-order valence-electron chi connectivity index (χ3n) is 4.88. The summed E-state index contributed by atoms with van der Waals surface area (Å²) < 4.78 is 63.3. The highest BCUT2D eigenvalue weighted by atomic mass is 35.5. The van der Waals surface area contributed by atoms with Gasteiger partial charge in [-0.1, -0.05) is 11.6 Å². The number of piperidine rings is 1. The summed E-state index contributed by atoms with van der Waals surface area (Å²) in [6.45, 7) is 1.33. The van der Waals surface area contributed by atoms with Gasteiger partial charge in [0.05, 0.1) is 32.4 Å². The number of carbonyl (C=O) groups is 1. The highest BCUT2D eigenvalue weighted by Crippen LogP contribution is 2.37. The lowest BCUT2D eigenvalue weighted by atomic mass is 10.1. The van der Waals surface area contributed by atoms with Crippen molar-refractivity contribution in [2.24, 2.45) is 0 Å². The molecular formula is C20H20ClF3N2O3S. The van der Waals surface area contributed by atoms with Crippen LogP contribution >= 0.6 is 11.6 Å². The molecule has 10 heteroatoms. The van der Waals surface area contributed by atoms with E-state index in [2.05, 4.69) is 5.32 Å². The van der Waals surface area contributed by atoms with Crippen molar-refractivity contribution in [2.75, 3.05) is 29.6 Å². The van der Waals surface area contributed by atoms with E-state index in [0.29, 0.717) is 18.8 Å². The highest BCUT2D eigenvalue weighted by molar-refractivity contribution is 7.90. The minimum atomic E-state index is -4.58. The minimum absolute atomic E-state index is 0.00227. The molecule has 30 heavy (non-hydrogen) atoms. The van der Waals surface area contributed by atoms with E-state index in [-0.39, 0.29) is 21.2 Å². The zero-order chi connectivity index (χ0) is 22.1. The summed E-state index contributed by atoms with van der Waals surface area (Å²) in [4.78, 5) is 14.6. The largest absolute Gasteiger partial charge is 0.416 e. The molecule has 0 aromatic heterocycles. The summed E-state index contributed by atoms with van der Waals surface area (Å²) in [6.07, 6.45) is -0.757. The molecule has 1 heterocycles. The number of sulfone groups is 1. The van der Waals surface area contributed by atoms with Crippen molar-refractivity contribution < 1.29 is 26.4 Å². The smallest absolute Gasteiger partial charge is 0.370 e. The zero-order valence-electron chi connectivity index (χ0n) is 16.1. The second-order valence-corrected chi connectivity index (χ2v) is 9.57. The van der Waals surface area contributed by atoms with Gasteiger partial charge in [0.15, 0.2) is 9.84 Å². The first-order chi connectivity index (χ1) is 14.0. The van der Waals surface area contributed by atoms with Gasteiger partial charge in [-0.2, -0.15) is 13.2 Å². The van der Waals surface area contributed by atoms with E-state index in [4.69, 9.17) is 11.6 Å². The third kappa shape index (κ3) is 5.07. The number of hydrogen-bond donors (Lipinski definition) is 1. The fourth-order valence-corrected chi connectivity index (χ4v) is 4.17. The van der Waals surface area contributed by atoms with Crippen LogP contribution in [0, 0.1) is 0 Å². The van der Waals surface area contributed by atoms with Crippen LogP contribution in [0.3, 0.4) is 0 Å². The topological polar surface area (TPSA) is 66.5 Å². The number of amides is 1. The van der Waals surface area contributed by atoms with E-state index in [9.17, 15) is 26.4 Å². The number of benzene rings is 2. The Labute approximate surface area is 177 Å². The van der Waals surface area contributed by atoms with Crippen LogP contribution in [-0.4, -0.2) is 33.7 Å². The molecule has 5 nitrogen and oxygen atoms in total. The Morgan fingerprint density at radius 3 is 2.33 bits per heavy atom. The van der Waals surface area contributed by atoms with E-state index in [1.54, 1.807) is 0 Å². The molecule has 0 radical (unpaired) electrons. The Morgan fingerprint density at radius 1 is 1.07 bits per heavy atom. The standard InChI is InChI=1S/C20H20ClF3N2O3S/c1-30(28,29)14-6-7-16(21)15(12-14)19(27)25-17-11-13(20(22,23)24)5-8-18(17)26-9-3-2-4-10-26/h5-8,11-12H,2-4,9-10H2,1H3,(H,25,27). The average molecular weight is 461 g/mol. The quantitative estimate of drug-likeness (QED) is 0.697. The lowest BCUT2D eigenvalue weighted by molar-refractivity contribution is -0.137. The minimum Gasteiger partial charge on any atom is -0.370 e. The maximum Gasteiger partial charge on any atom is 0.416 e. The normalized spacial score (nSPS) is 15.2. The van der Waals surface area contributed by atoms with E-state index in [1.807, 2.05) is 4.90 Å². The average Bonchev–Trinajstić information content (AvgIpc) is 2.67. The fraction of sp³-hybridized carbons (Fsp3) is 0.350. The number of nitrogens with zero attached hydrogens (tertiary/aromatic N) is 1. The number of alkyl halides is 3. The summed E-state index contributed by atoms with van der Waals surface area (Å²) in [5.74, 6) is -0.789. The predicted molar refractivity (Wildman–Crippen MR) is 110 cm³/mol. The molecule has 1 amide bonds. The molecule has 0 bridgehead atoms. The molecule has 2 aromatic carbocycles. The van der Waals surface area contributed by atoms with Gasteiger partial charge in [-0.05, 0) is 55.7 Å². The predicted octanol–water partition coefficient (Wildman–Crippen LogP) is 5.00. The molecule has 3 rings (SSSR count). The van der Waals surface area contributed by atoms with E-state index in [1.165, 1.54) is 18.2 Å². The molecule has 0 saturated carbocycles. The molecule has 1 aliphatic heterocycles. The maximum absolute atomic E-state index is 13.2. The molecule has 0 atom stereocenters. The van der Waals surface area contributed by atoms with Crippen LogP contribution in [-0.2, 0) is 16.0 Å². The van der Waals surface area contributed by atoms with Crippen molar-refractivity contribution in [3.05, 3.63) is 52.5 Å². The van der Waals surface area contributed by atoms with Gasteiger partial charge in [0.25, 0.3) is 5.91 Å². The van der Waals surface area contributed by atoms with Crippen LogP contribution in [0.25, 0.3) is 0 Å². The summed E-state index contributed by atoms with van der Waals surface area (Å²) in [5.41, 5.74) is -0.555. The van der Waals surface area contributed by atoms with E-state index < -0.39 is 27.5 Å². The third-order valence-corrected chi connectivity index (χ3v) is 6.32. The summed E-state index contributed by atoms with van der Waals surface area (Å²) in [6, 6.07) is 6.86. The Balaban J connectivity index is 2.01. The van der Waals surface area contributed by atoms with Gasteiger partial charge in [0.1, 0.15) is 0 Å². The molecule has 162 valence electrons. The molecule has 1 aliphatic rings. The van der Waals surface area contributed by atoms with Crippen LogP contribution in [0.2, 0.25) is 5.02 Å². The molecule has 0 aliphatic carbocycles. The zero-order valence-corrected chi connectivity index (χ0v) is 17.7. The Hall–Kier alpha value is -2.26. The van der Waals surface area contributed by atoms with Crippen molar-refractivity contribution in [2.45, 2.75) is 30.3 Å². The first kappa shape index (κ1) is 22.4. The summed E-state index contributed by atoms with van der Waals surface area (Å²) >= 11 is 6.05. The summed E-state index contributed by atoms with van der Waals surface area (Å²) in [5, 5.41) is 2.49. The van der Waals surface area contributed by atoms with Crippen molar-refractivity contribution in [1.82, 2.24) is 0 Å². The number of hydrogen-bond acceptors (Lipinski definition) is 4. The number of anilines is 2. The molecule has 1 saturated heterocycles. The molecule has 0 spiro atoms. The lowest BCUT2D eigenvalue weighted by Crippen LogP contribution is -2.30. The van der Waals surface area contributed by atoms with Gasteiger partial charge in [-0.25, -0.2) is 8.42 Å². The van der Waals surface area contributed by atoms with Gasteiger partial charge in [-0.3, -0.25) is 4.79 Å². The first-order valence-electron chi connectivity index (χ1n) is 9.24. The Bertz CT molecular complexity index is 1070. The maximum atomic E-state index is 13.2. The second-order valence-electron chi connectivity index (χ2n) is 7.15. The molecule has 2 aromatic rings. The van der Waals surface area contributed by atoms with Crippen molar-refractivity contribution in [3.63, 3.8) is 0 Å². The SMILES string of the molecule is CS(=O)(=O)c1ccc(Cl)c(C(=O)Nc2cc(C(F)(F)F)ccc2N2CCCCC2)c1. The van der Waals surface area contributed by atoms with Gasteiger partial charge >= 0.3 is 6.18 Å². The van der Waals surface area contributed by atoms with Crippen LogP contribution < -0.4 is 10.2 Å². The second kappa shape index (κ2) is 8.47. The number of carbonyl (C=O) groups excluding carboxylic acids is 1.